The van der Waals surface area contributed by atoms with Crippen molar-refractivity contribution in [2.75, 3.05) is 25.6 Å². The number of hydrogen-bond donors (Lipinski definition) is 2. The minimum atomic E-state index is -0.261. The van der Waals surface area contributed by atoms with Crippen LogP contribution in [0.3, 0.4) is 0 Å². The van der Waals surface area contributed by atoms with Gasteiger partial charge in [0.25, 0.3) is 5.91 Å². The summed E-state index contributed by atoms with van der Waals surface area (Å²) in [4.78, 5) is 12.0. The number of benzene rings is 2. The van der Waals surface area contributed by atoms with Gasteiger partial charge in [0.2, 0.25) is 0 Å². The van der Waals surface area contributed by atoms with E-state index in [2.05, 4.69) is 20.8 Å². The van der Waals surface area contributed by atoms with Crippen LogP contribution in [0.4, 0.5) is 11.5 Å². The summed E-state index contributed by atoms with van der Waals surface area (Å²) in [7, 11) is 1.63. The predicted molar refractivity (Wildman–Crippen MR) is 107 cm³/mol. The Hall–Kier alpha value is -3.45. The van der Waals surface area contributed by atoms with Gasteiger partial charge in [0.15, 0.2) is 17.3 Å². The van der Waals surface area contributed by atoms with Crippen LogP contribution in [0, 0.1) is 0 Å². The molecule has 0 aliphatic carbocycles. The van der Waals surface area contributed by atoms with Crippen molar-refractivity contribution in [3.63, 3.8) is 0 Å². The molecule has 0 aliphatic heterocycles. The second kappa shape index (κ2) is 10.0. The number of carbonyl (C=O) groups excluding carboxylic acids is 1. The summed E-state index contributed by atoms with van der Waals surface area (Å²) in [6, 6.07) is 20.4. The molecule has 7 nitrogen and oxygen atoms in total. The van der Waals surface area contributed by atoms with Crippen molar-refractivity contribution >= 4 is 17.4 Å². The van der Waals surface area contributed by atoms with Gasteiger partial charge < -0.3 is 20.1 Å². The van der Waals surface area contributed by atoms with Crippen LogP contribution in [0.25, 0.3) is 0 Å². The van der Waals surface area contributed by atoms with E-state index in [0.717, 1.165) is 17.9 Å². The number of amides is 1. The van der Waals surface area contributed by atoms with Crippen LogP contribution < -0.4 is 15.4 Å². The standard InChI is InChI=1S/C21H22N4O3/c1-27-15-7-14-22-21(26)18-12-13-20(25-24-18)23-17-10-5-6-11-19(17)28-16-8-3-2-4-9-16/h2-6,8-13H,7,14-15H2,1H3,(H,22,26)(H,23,25). The van der Waals surface area contributed by atoms with Crippen molar-refractivity contribution < 1.29 is 14.3 Å². The summed E-state index contributed by atoms with van der Waals surface area (Å²) >= 11 is 0. The monoisotopic (exact) mass is 378 g/mol. The number of aromatic nitrogens is 2. The Bertz CT molecular complexity index is 886. The second-order valence-corrected chi connectivity index (χ2v) is 5.94. The molecule has 2 aromatic carbocycles. The summed E-state index contributed by atoms with van der Waals surface area (Å²) in [5.74, 6) is 1.65. The Balaban J connectivity index is 1.64. The number of rotatable bonds is 9. The smallest absolute Gasteiger partial charge is 0.271 e. The molecule has 0 radical (unpaired) electrons. The fraction of sp³-hybridized carbons (Fsp3) is 0.190. The Labute approximate surface area is 163 Å². The molecule has 0 saturated heterocycles. The highest BCUT2D eigenvalue weighted by Gasteiger charge is 2.09. The van der Waals surface area contributed by atoms with Crippen molar-refractivity contribution in [2.45, 2.75) is 6.42 Å². The molecule has 0 saturated carbocycles. The highest BCUT2D eigenvalue weighted by atomic mass is 16.5. The third kappa shape index (κ3) is 5.52. The van der Waals surface area contributed by atoms with Gasteiger partial charge in [-0.1, -0.05) is 30.3 Å². The summed E-state index contributed by atoms with van der Waals surface area (Å²) in [5, 5.41) is 14.0. The molecule has 0 fully saturated rings. The van der Waals surface area contributed by atoms with Crippen LogP contribution in [0.1, 0.15) is 16.9 Å². The molecule has 1 amide bonds. The van der Waals surface area contributed by atoms with Gasteiger partial charge in [-0.2, -0.15) is 0 Å². The predicted octanol–water partition coefficient (Wildman–Crippen LogP) is 3.78. The van der Waals surface area contributed by atoms with Crippen LogP contribution >= 0.6 is 0 Å². The number of nitrogens with one attached hydrogen (secondary N) is 2. The summed E-state index contributed by atoms with van der Waals surface area (Å²) in [5.41, 5.74) is 1.01. The zero-order valence-corrected chi connectivity index (χ0v) is 15.6. The molecule has 1 heterocycles. The third-order valence-corrected chi connectivity index (χ3v) is 3.83. The first-order chi connectivity index (χ1) is 13.8. The number of methoxy groups -OCH3 is 1. The van der Waals surface area contributed by atoms with E-state index in [1.165, 1.54) is 0 Å². The van der Waals surface area contributed by atoms with Gasteiger partial charge in [-0.05, 0) is 42.8 Å². The number of hydrogen-bond acceptors (Lipinski definition) is 6. The lowest BCUT2D eigenvalue weighted by Crippen LogP contribution is -2.26. The zero-order chi connectivity index (χ0) is 19.6. The van der Waals surface area contributed by atoms with Gasteiger partial charge in [-0.15, -0.1) is 10.2 Å². The molecule has 28 heavy (non-hydrogen) atoms. The maximum absolute atomic E-state index is 12.0. The molecule has 0 bridgehead atoms. The van der Waals surface area contributed by atoms with Crippen molar-refractivity contribution in [2.24, 2.45) is 0 Å². The van der Waals surface area contributed by atoms with Crippen LogP contribution in [-0.2, 0) is 4.74 Å². The first-order valence-corrected chi connectivity index (χ1v) is 8.96. The van der Waals surface area contributed by atoms with Crippen LogP contribution in [0.15, 0.2) is 66.7 Å². The van der Waals surface area contributed by atoms with Crippen LogP contribution in [0.5, 0.6) is 11.5 Å². The van der Waals surface area contributed by atoms with Crippen molar-refractivity contribution in [1.29, 1.82) is 0 Å². The number of para-hydroxylation sites is 3. The molecule has 3 rings (SSSR count). The summed E-state index contributed by atoms with van der Waals surface area (Å²) in [6.07, 6.45) is 0.744. The summed E-state index contributed by atoms with van der Waals surface area (Å²) in [6.45, 7) is 1.12. The van der Waals surface area contributed by atoms with Crippen molar-refractivity contribution in [1.82, 2.24) is 15.5 Å². The minimum Gasteiger partial charge on any atom is -0.455 e. The molecular weight excluding hydrogens is 356 g/mol. The first-order valence-electron chi connectivity index (χ1n) is 8.96. The van der Waals surface area contributed by atoms with Gasteiger partial charge in [-0.25, -0.2) is 0 Å². The zero-order valence-electron chi connectivity index (χ0n) is 15.6. The lowest BCUT2D eigenvalue weighted by Gasteiger charge is -2.12. The number of nitrogens with zero attached hydrogens (tertiary/aromatic N) is 2. The fourth-order valence-corrected chi connectivity index (χ4v) is 2.44. The van der Waals surface area contributed by atoms with Gasteiger partial charge in [0.05, 0.1) is 5.69 Å². The van der Waals surface area contributed by atoms with E-state index in [0.29, 0.717) is 24.7 Å². The van der Waals surface area contributed by atoms with Crippen LogP contribution in [-0.4, -0.2) is 36.4 Å². The third-order valence-electron chi connectivity index (χ3n) is 3.83. The van der Waals surface area contributed by atoms with Crippen molar-refractivity contribution in [3.05, 3.63) is 72.4 Å². The van der Waals surface area contributed by atoms with E-state index < -0.39 is 0 Å². The quantitative estimate of drug-likeness (QED) is 0.551. The second-order valence-electron chi connectivity index (χ2n) is 5.94. The Kier molecular flexibility index (Phi) is 6.92. The molecule has 0 spiro atoms. The normalized spacial score (nSPS) is 10.3. The molecule has 0 unspecified atom stereocenters. The maximum atomic E-state index is 12.0. The molecule has 0 atom stereocenters. The van der Waals surface area contributed by atoms with Gasteiger partial charge in [0, 0.05) is 20.3 Å². The Morgan fingerprint density at radius 3 is 2.50 bits per heavy atom. The fourth-order valence-electron chi connectivity index (χ4n) is 2.44. The van der Waals surface area contributed by atoms with Gasteiger partial charge in [0.1, 0.15) is 5.75 Å². The topological polar surface area (TPSA) is 85.4 Å². The SMILES string of the molecule is COCCCNC(=O)c1ccc(Nc2ccccc2Oc2ccccc2)nn1. The highest BCUT2D eigenvalue weighted by molar-refractivity contribution is 5.92. The molecule has 2 N–H and O–H groups in total. The van der Waals surface area contributed by atoms with E-state index in [-0.39, 0.29) is 11.6 Å². The van der Waals surface area contributed by atoms with E-state index >= 15 is 0 Å². The number of carbonyl (C=O) groups is 1. The average Bonchev–Trinajstić information content (AvgIpc) is 2.74. The molecule has 0 aliphatic rings. The molecule has 7 heteroatoms. The average molecular weight is 378 g/mol. The maximum Gasteiger partial charge on any atom is 0.271 e. The minimum absolute atomic E-state index is 0.261. The van der Waals surface area contributed by atoms with E-state index in [4.69, 9.17) is 9.47 Å². The largest absolute Gasteiger partial charge is 0.455 e. The lowest BCUT2D eigenvalue weighted by atomic mass is 10.2. The van der Waals surface area contributed by atoms with E-state index in [9.17, 15) is 4.79 Å². The first kappa shape index (κ1) is 19.3. The van der Waals surface area contributed by atoms with Crippen molar-refractivity contribution in [3.8, 4) is 11.5 Å². The lowest BCUT2D eigenvalue weighted by molar-refractivity contribution is 0.0942. The van der Waals surface area contributed by atoms with E-state index in [1.54, 1.807) is 19.2 Å². The molecule has 3 aromatic rings. The number of ether oxygens (including phenoxy) is 2. The Morgan fingerprint density at radius 1 is 0.964 bits per heavy atom. The summed E-state index contributed by atoms with van der Waals surface area (Å²) < 4.78 is 10.9. The Morgan fingerprint density at radius 2 is 1.75 bits per heavy atom. The molecule has 144 valence electrons. The highest BCUT2D eigenvalue weighted by Crippen LogP contribution is 2.30. The van der Waals surface area contributed by atoms with Crippen LogP contribution in [0.2, 0.25) is 0 Å². The van der Waals surface area contributed by atoms with Gasteiger partial charge in [-0.3, -0.25) is 4.79 Å². The molecule has 1 aromatic heterocycles. The van der Waals surface area contributed by atoms with E-state index in [1.807, 2.05) is 54.6 Å². The van der Waals surface area contributed by atoms with Gasteiger partial charge >= 0.3 is 0 Å². The molecular formula is C21H22N4O3. The number of anilines is 2.